The molecule has 3 heteroatoms. The Morgan fingerprint density at radius 3 is 2.46 bits per heavy atom. The van der Waals surface area contributed by atoms with Crippen LogP contribution in [-0.4, -0.2) is 12.8 Å². The van der Waals surface area contributed by atoms with Gasteiger partial charge in [-0.25, -0.2) is 4.79 Å². The molecular weight excluding hydrogens is 324 g/mol. The Labute approximate surface area is 156 Å². The first-order valence-electron chi connectivity index (χ1n) is 9.73. The maximum Gasteiger partial charge on any atom is 0.508 e. The minimum absolute atomic E-state index is 0.253. The van der Waals surface area contributed by atoms with Crippen molar-refractivity contribution in [1.29, 1.82) is 0 Å². The Morgan fingerprint density at radius 2 is 1.65 bits per heavy atom. The Bertz CT molecular complexity index is 675. The lowest BCUT2D eigenvalue weighted by Crippen LogP contribution is -2.09. The van der Waals surface area contributed by atoms with Gasteiger partial charge in [-0.05, 0) is 48.3 Å². The van der Waals surface area contributed by atoms with Gasteiger partial charge in [0.25, 0.3) is 0 Å². The molecule has 0 N–H and O–H groups in total. The second-order valence-electron chi connectivity index (χ2n) is 7.06. The van der Waals surface area contributed by atoms with Crippen LogP contribution in [0.5, 0.6) is 0 Å². The predicted molar refractivity (Wildman–Crippen MR) is 103 cm³/mol. The van der Waals surface area contributed by atoms with E-state index in [0.717, 1.165) is 24.3 Å². The molecular formula is C23H28O3. The first kappa shape index (κ1) is 18.5. The molecule has 0 saturated heterocycles. The molecule has 0 amide bonds. The SMILES string of the molecule is O=C(OCCCc1cccc(C2CCCCC2)c1)OCc1ccccc1. The molecule has 1 aliphatic carbocycles. The molecule has 0 bridgehead atoms. The van der Waals surface area contributed by atoms with Crippen molar-refractivity contribution < 1.29 is 14.3 Å². The van der Waals surface area contributed by atoms with Crippen molar-refractivity contribution in [3.8, 4) is 0 Å². The molecule has 0 aromatic heterocycles. The van der Waals surface area contributed by atoms with Gasteiger partial charge in [-0.15, -0.1) is 0 Å². The zero-order valence-electron chi connectivity index (χ0n) is 15.4. The average Bonchev–Trinajstić information content (AvgIpc) is 2.71. The van der Waals surface area contributed by atoms with Crippen LogP contribution >= 0.6 is 0 Å². The quantitative estimate of drug-likeness (QED) is 0.451. The predicted octanol–water partition coefficient (Wildman–Crippen LogP) is 6.02. The molecule has 1 aliphatic rings. The van der Waals surface area contributed by atoms with Gasteiger partial charge in [0, 0.05) is 0 Å². The van der Waals surface area contributed by atoms with E-state index < -0.39 is 6.16 Å². The molecule has 2 aromatic carbocycles. The summed E-state index contributed by atoms with van der Waals surface area (Å²) in [5, 5.41) is 0. The van der Waals surface area contributed by atoms with Crippen LogP contribution in [0.2, 0.25) is 0 Å². The van der Waals surface area contributed by atoms with E-state index in [2.05, 4.69) is 24.3 Å². The Hall–Kier alpha value is -2.29. The smallest absolute Gasteiger partial charge is 0.434 e. The fraction of sp³-hybridized carbons (Fsp3) is 0.435. The number of benzene rings is 2. The molecule has 0 spiro atoms. The van der Waals surface area contributed by atoms with Crippen LogP contribution in [0.25, 0.3) is 0 Å². The number of ether oxygens (including phenoxy) is 2. The number of carbonyl (C=O) groups is 1. The largest absolute Gasteiger partial charge is 0.508 e. The summed E-state index contributed by atoms with van der Waals surface area (Å²) in [5.41, 5.74) is 3.77. The van der Waals surface area contributed by atoms with Crippen molar-refractivity contribution in [1.82, 2.24) is 0 Å². The molecule has 1 fully saturated rings. The Kier molecular flexibility index (Phi) is 7.12. The highest BCUT2D eigenvalue weighted by atomic mass is 16.7. The molecule has 26 heavy (non-hydrogen) atoms. The van der Waals surface area contributed by atoms with Crippen LogP contribution < -0.4 is 0 Å². The van der Waals surface area contributed by atoms with Gasteiger partial charge in [0.2, 0.25) is 0 Å². The zero-order chi connectivity index (χ0) is 18.0. The molecule has 0 aliphatic heterocycles. The first-order valence-corrected chi connectivity index (χ1v) is 9.73. The summed E-state index contributed by atoms with van der Waals surface area (Å²) in [6.07, 6.45) is 7.88. The first-order chi connectivity index (χ1) is 12.8. The maximum atomic E-state index is 11.6. The summed E-state index contributed by atoms with van der Waals surface area (Å²) in [4.78, 5) is 11.6. The lowest BCUT2D eigenvalue weighted by atomic mass is 9.83. The van der Waals surface area contributed by atoms with Crippen molar-refractivity contribution >= 4 is 6.16 Å². The van der Waals surface area contributed by atoms with Crippen LogP contribution in [0, 0.1) is 0 Å². The van der Waals surface area contributed by atoms with Gasteiger partial charge in [-0.3, -0.25) is 0 Å². The van der Waals surface area contributed by atoms with Gasteiger partial charge in [0.05, 0.1) is 6.61 Å². The summed E-state index contributed by atoms with van der Waals surface area (Å²) in [5.74, 6) is 0.730. The van der Waals surface area contributed by atoms with E-state index in [0.29, 0.717) is 6.61 Å². The lowest BCUT2D eigenvalue weighted by molar-refractivity contribution is 0.0492. The molecule has 3 rings (SSSR count). The maximum absolute atomic E-state index is 11.6. The highest BCUT2D eigenvalue weighted by Crippen LogP contribution is 2.32. The van der Waals surface area contributed by atoms with Gasteiger partial charge >= 0.3 is 6.16 Å². The van der Waals surface area contributed by atoms with Crippen LogP contribution in [0.15, 0.2) is 54.6 Å². The third-order valence-electron chi connectivity index (χ3n) is 5.06. The summed E-state index contributed by atoms with van der Waals surface area (Å²) >= 11 is 0. The minimum atomic E-state index is -0.593. The molecule has 0 radical (unpaired) electrons. The molecule has 3 nitrogen and oxygen atoms in total. The van der Waals surface area contributed by atoms with Crippen molar-refractivity contribution in [2.24, 2.45) is 0 Å². The second-order valence-corrected chi connectivity index (χ2v) is 7.06. The molecule has 0 atom stereocenters. The van der Waals surface area contributed by atoms with E-state index in [9.17, 15) is 4.79 Å². The van der Waals surface area contributed by atoms with Crippen LogP contribution in [-0.2, 0) is 22.5 Å². The van der Waals surface area contributed by atoms with Crippen LogP contribution in [0.4, 0.5) is 4.79 Å². The second kappa shape index (κ2) is 10.0. The topological polar surface area (TPSA) is 35.5 Å². The monoisotopic (exact) mass is 352 g/mol. The minimum Gasteiger partial charge on any atom is -0.434 e. The van der Waals surface area contributed by atoms with Crippen molar-refractivity contribution in [2.75, 3.05) is 6.61 Å². The number of hydrogen-bond donors (Lipinski definition) is 0. The van der Waals surface area contributed by atoms with Crippen molar-refractivity contribution in [3.63, 3.8) is 0 Å². The highest BCUT2D eigenvalue weighted by molar-refractivity contribution is 5.59. The molecule has 2 aromatic rings. The third-order valence-corrected chi connectivity index (χ3v) is 5.06. The lowest BCUT2D eigenvalue weighted by Gasteiger charge is -2.22. The van der Waals surface area contributed by atoms with E-state index in [1.807, 2.05) is 30.3 Å². The van der Waals surface area contributed by atoms with E-state index >= 15 is 0 Å². The number of hydrogen-bond acceptors (Lipinski definition) is 3. The fourth-order valence-electron chi connectivity index (χ4n) is 3.63. The highest BCUT2D eigenvalue weighted by Gasteiger charge is 2.15. The summed E-state index contributed by atoms with van der Waals surface area (Å²) in [7, 11) is 0. The number of carbonyl (C=O) groups excluding carboxylic acids is 1. The standard InChI is InChI=1S/C23H28O3/c24-23(26-18-20-9-3-1-4-10-20)25-16-8-12-19-11-7-15-22(17-19)21-13-5-2-6-14-21/h1,3-4,7,9-11,15,17,21H,2,5-6,8,12-14,16,18H2. The van der Waals surface area contributed by atoms with Gasteiger partial charge < -0.3 is 9.47 Å². The van der Waals surface area contributed by atoms with Gasteiger partial charge in [0.15, 0.2) is 0 Å². The molecule has 0 heterocycles. The third kappa shape index (κ3) is 5.91. The van der Waals surface area contributed by atoms with E-state index in [-0.39, 0.29) is 6.61 Å². The fourth-order valence-corrected chi connectivity index (χ4v) is 3.63. The van der Waals surface area contributed by atoms with Gasteiger partial charge in [-0.2, -0.15) is 0 Å². The van der Waals surface area contributed by atoms with E-state index in [1.54, 1.807) is 0 Å². The summed E-state index contributed by atoms with van der Waals surface area (Å²) in [6.45, 7) is 0.643. The average molecular weight is 352 g/mol. The van der Waals surface area contributed by atoms with Crippen LogP contribution in [0.3, 0.4) is 0 Å². The molecule has 138 valence electrons. The van der Waals surface area contributed by atoms with Crippen molar-refractivity contribution in [2.45, 2.75) is 57.5 Å². The molecule has 0 unspecified atom stereocenters. The zero-order valence-corrected chi connectivity index (χ0v) is 15.4. The van der Waals surface area contributed by atoms with Gasteiger partial charge in [0.1, 0.15) is 6.61 Å². The van der Waals surface area contributed by atoms with E-state index in [1.165, 1.54) is 43.2 Å². The summed E-state index contributed by atoms with van der Waals surface area (Å²) < 4.78 is 10.3. The van der Waals surface area contributed by atoms with Gasteiger partial charge in [-0.1, -0.05) is 73.9 Å². The Morgan fingerprint density at radius 1 is 0.885 bits per heavy atom. The van der Waals surface area contributed by atoms with Crippen LogP contribution in [0.1, 0.15) is 61.1 Å². The molecule has 1 saturated carbocycles. The number of rotatable bonds is 7. The Balaban J connectivity index is 1.36. The number of aryl methyl sites for hydroxylation is 1. The van der Waals surface area contributed by atoms with Crippen molar-refractivity contribution in [3.05, 3.63) is 71.3 Å². The van der Waals surface area contributed by atoms with E-state index in [4.69, 9.17) is 9.47 Å². The normalized spacial score (nSPS) is 14.8. The summed E-state index contributed by atoms with van der Waals surface area (Å²) in [6, 6.07) is 18.6.